The lowest BCUT2D eigenvalue weighted by atomic mass is 9.79. The Morgan fingerprint density at radius 1 is 1.14 bits per heavy atom. The van der Waals surface area contributed by atoms with Crippen molar-refractivity contribution < 1.29 is 4.42 Å². The van der Waals surface area contributed by atoms with E-state index in [2.05, 4.69) is 24.1 Å². The molecule has 0 radical (unpaired) electrons. The fourth-order valence-electron chi connectivity index (χ4n) is 4.11. The van der Waals surface area contributed by atoms with Gasteiger partial charge in [-0.05, 0) is 48.7 Å². The topological polar surface area (TPSA) is 33.5 Å². The molecule has 21 heavy (non-hydrogen) atoms. The van der Waals surface area contributed by atoms with Gasteiger partial charge < -0.3 is 4.42 Å². The minimum Gasteiger partial charge on any atom is -0.422 e. The molecule has 3 nitrogen and oxygen atoms in total. The average Bonchev–Trinajstić information content (AvgIpc) is 2.50. The van der Waals surface area contributed by atoms with Crippen LogP contribution in [-0.4, -0.2) is 18.5 Å². The molecule has 104 valence electrons. The van der Waals surface area contributed by atoms with E-state index >= 15 is 0 Å². The summed E-state index contributed by atoms with van der Waals surface area (Å²) in [5.41, 5.74) is 4.56. The summed E-state index contributed by atoms with van der Waals surface area (Å²) < 4.78 is 5.53. The van der Waals surface area contributed by atoms with Crippen LogP contribution >= 0.6 is 0 Å². The van der Waals surface area contributed by atoms with Gasteiger partial charge in [-0.1, -0.05) is 18.2 Å². The highest BCUT2D eigenvalue weighted by atomic mass is 16.4. The molecular formula is C18H15NO2. The van der Waals surface area contributed by atoms with E-state index in [9.17, 15) is 4.79 Å². The van der Waals surface area contributed by atoms with Crippen molar-refractivity contribution in [1.82, 2.24) is 4.90 Å². The van der Waals surface area contributed by atoms with Crippen molar-refractivity contribution in [3.63, 3.8) is 0 Å². The van der Waals surface area contributed by atoms with Gasteiger partial charge in [0.25, 0.3) is 0 Å². The highest BCUT2D eigenvalue weighted by molar-refractivity contribution is 6.09. The van der Waals surface area contributed by atoms with Crippen LogP contribution in [0.1, 0.15) is 22.7 Å². The highest BCUT2D eigenvalue weighted by Gasteiger charge is 2.32. The Kier molecular flexibility index (Phi) is 2.05. The van der Waals surface area contributed by atoms with Gasteiger partial charge in [-0.3, -0.25) is 4.90 Å². The lowest BCUT2D eigenvalue weighted by molar-refractivity contribution is 0.230. The Bertz CT molecular complexity index is 970. The zero-order valence-electron chi connectivity index (χ0n) is 11.8. The first-order valence-corrected chi connectivity index (χ1v) is 7.44. The number of nitrogens with zero attached hydrogens (tertiary/aromatic N) is 1. The largest absolute Gasteiger partial charge is 0.422 e. The molecule has 1 aliphatic carbocycles. The van der Waals surface area contributed by atoms with Crippen molar-refractivity contribution in [2.24, 2.45) is 0 Å². The Balaban J connectivity index is 2.11. The van der Waals surface area contributed by atoms with E-state index in [-0.39, 0.29) is 5.63 Å². The predicted molar refractivity (Wildman–Crippen MR) is 82.8 cm³/mol. The molecule has 3 heteroatoms. The molecule has 1 atom stereocenters. The quantitative estimate of drug-likeness (QED) is 0.468. The molecule has 1 unspecified atom stereocenters. The molecule has 0 spiro atoms. The normalized spacial score (nSPS) is 20.5. The van der Waals surface area contributed by atoms with Gasteiger partial charge in [0.2, 0.25) is 0 Å². The van der Waals surface area contributed by atoms with Crippen molar-refractivity contribution in [2.45, 2.75) is 18.9 Å². The van der Waals surface area contributed by atoms with E-state index < -0.39 is 0 Å². The molecule has 1 aliphatic heterocycles. The second kappa shape index (κ2) is 3.74. The van der Waals surface area contributed by atoms with Gasteiger partial charge in [-0.15, -0.1) is 0 Å². The molecular weight excluding hydrogens is 262 g/mol. The van der Waals surface area contributed by atoms with Crippen LogP contribution in [0, 0.1) is 0 Å². The third kappa shape index (κ3) is 1.34. The van der Waals surface area contributed by atoms with Gasteiger partial charge in [-0.25, -0.2) is 4.79 Å². The minimum atomic E-state index is -0.216. The third-order valence-corrected chi connectivity index (χ3v) is 5.13. The molecule has 0 saturated heterocycles. The van der Waals surface area contributed by atoms with E-state index in [1.54, 1.807) is 0 Å². The molecule has 5 rings (SSSR count). The van der Waals surface area contributed by atoms with Crippen LogP contribution in [0.2, 0.25) is 0 Å². The average molecular weight is 277 g/mol. The van der Waals surface area contributed by atoms with Crippen molar-refractivity contribution in [1.29, 1.82) is 0 Å². The van der Waals surface area contributed by atoms with Gasteiger partial charge in [0.05, 0.1) is 5.39 Å². The maximum atomic E-state index is 12.3. The first-order chi connectivity index (χ1) is 10.2. The molecule has 0 saturated carbocycles. The first-order valence-electron chi connectivity index (χ1n) is 7.44. The Morgan fingerprint density at radius 2 is 2.05 bits per heavy atom. The fraction of sp³-hybridized carbons (Fsp3) is 0.278. The zero-order valence-corrected chi connectivity index (χ0v) is 11.8. The predicted octanol–water partition coefficient (Wildman–Crippen LogP) is 3.03. The molecule has 0 amide bonds. The van der Waals surface area contributed by atoms with Crippen LogP contribution in [0.3, 0.4) is 0 Å². The van der Waals surface area contributed by atoms with Gasteiger partial charge in [0, 0.05) is 23.4 Å². The minimum absolute atomic E-state index is 0.216. The van der Waals surface area contributed by atoms with E-state index in [1.807, 2.05) is 18.2 Å². The third-order valence-electron chi connectivity index (χ3n) is 5.13. The monoisotopic (exact) mass is 277 g/mol. The second-order valence-electron chi connectivity index (χ2n) is 6.19. The Morgan fingerprint density at radius 3 is 2.95 bits per heavy atom. The summed E-state index contributed by atoms with van der Waals surface area (Å²) in [6.07, 6.45) is 2.06. The summed E-state index contributed by atoms with van der Waals surface area (Å²) in [5, 5.41) is 3.02. The number of hydrogen-bond donors (Lipinski definition) is 0. The van der Waals surface area contributed by atoms with Crippen LogP contribution in [0.4, 0.5) is 0 Å². The summed E-state index contributed by atoms with van der Waals surface area (Å²) in [6.45, 7) is 1.08. The maximum absolute atomic E-state index is 12.3. The van der Waals surface area contributed by atoms with Gasteiger partial charge >= 0.3 is 5.63 Å². The summed E-state index contributed by atoms with van der Waals surface area (Å²) in [4.78, 5) is 14.7. The lowest BCUT2D eigenvalue weighted by Gasteiger charge is -2.38. The summed E-state index contributed by atoms with van der Waals surface area (Å²) in [5.74, 6) is 0. The van der Waals surface area contributed by atoms with Crippen LogP contribution < -0.4 is 5.63 Å². The lowest BCUT2D eigenvalue weighted by Crippen LogP contribution is -2.35. The summed E-state index contributed by atoms with van der Waals surface area (Å²) in [6, 6.07) is 10.5. The van der Waals surface area contributed by atoms with Gasteiger partial charge in [-0.2, -0.15) is 0 Å². The van der Waals surface area contributed by atoms with Crippen molar-refractivity contribution in [3.8, 4) is 0 Å². The Hall–Kier alpha value is -2.13. The van der Waals surface area contributed by atoms with E-state index in [0.29, 0.717) is 6.04 Å². The molecule has 0 fully saturated rings. The smallest absolute Gasteiger partial charge is 0.344 e. The fourth-order valence-corrected chi connectivity index (χ4v) is 4.11. The second-order valence-corrected chi connectivity index (χ2v) is 6.19. The van der Waals surface area contributed by atoms with Gasteiger partial charge in [0.15, 0.2) is 0 Å². The SMILES string of the molecule is CN1CCc2ccc3c(=O)oc4cccc5c4c3c2C1C5. The molecule has 0 N–H and O–H groups in total. The van der Waals surface area contributed by atoms with Crippen LogP contribution in [0.25, 0.3) is 21.7 Å². The van der Waals surface area contributed by atoms with Crippen LogP contribution in [0.15, 0.2) is 39.5 Å². The highest BCUT2D eigenvalue weighted by Crippen LogP contribution is 2.44. The maximum Gasteiger partial charge on any atom is 0.344 e. The Labute approximate surface area is 121 Å². The number of rotatable bonds is 0. The van der Waals surface area contributed by atoms with Crippen LogP contribution in [0.5, 0.6) is 0 Å². The zero-order chi connectivity index (χ0) is 14.1. The van der Waals surface area contributed by atoms with Gasteiger partial charge in [0.1, 0.15) is 5.58 Å². The standard InChI is InChI=1S/C18H15NO2/c1-19-8-7-10-5-6-12-17-15(10)13(19)9-11-3-2-4-14(16(11)17)21-18(12)20/h2-6,13H,7-9H2,1H3. The van der Waals surface area contributed by atoms with Crippen molar-refractivity contribution in [2.75, 3.05) is 13.6 Å². The number of hydrogen-bond acceptors (Lipinski definition) is 3. The summed E-state index contributed by atoms with van der Waals surface area (Å²) in [7, 11) is 2.18. The molecule has 2 aromatic carbocycles. The molecule has 2 heterocycles. The number of likely N-dealkylation sites (N-methyl/N-ethyl adjacent to an activating group) is 1. The summed E-state index contributed by atoms with van der Waals surface area (Å²) >= 11 is 0. The van der Waals surface area contributed by atoms with E-state index in [4.69, 9.17) is 4.42 Å². The van der Waals surface area contributed by atoms with E-state index in [1.165, 1.54) is 16.7 Å². The van der Waals surface area contributed by atoms with Crippen LogP contribution in [-0.2, 0) is 12.8 Å². The van der Waals surface area contributed by atoms with Crippen molar-refractivity contribution in [3.05, 3.63) is 57.4 Å². The molecule has 3 aromatic rings. The first kappa shape index (κ1) is 11.5. The number of benzene rings is 2. The van der Waals surface area contributed by atoms with E-state index in [0.717, 1.165) is 41.1 Å². The molecule has 1 aromatic heterocycles. The molecule has 2 aliphatic rings. The molecule has 0 bridgehead atoms. The van der Waals surface area contributed by atoms with Crippen molar-refractivity contribution >= 4 is 21.7 Å².